The number of nitrogen functional groups attached to an aromatic ring is 1. The van der Waals surface area contributed by atoms with Crippen molar-refractivity contribution in [3.63, 3.8) is 0 Å². The van der Waals surface area contributed by atoms with E-state index >= 15 is 0 Å². The van der Waals surface area contributed by atoms with Gasteiger partial charge in [-0.1, -0.05) is 0 Å². The van der Waals surface area contributed by atoms with E-state index in [1.54, 1.807) is 23.5 Å². The Bertz CT molecular complexity index is 462. The number of phenolic OH excluding ortho intramolecular Hbond substituents is 1. The highest BCUT2D eigenvalue weighted by atomic mass is 32.1. The minimum atomic E-state index is 0.242. The summed E-state index contributed by atoms with van der Waals surface area (Å²) in [5.41, 5.74) is 9.24. The van der Waals surface area contributed by atoms with Crippen molar-refractivity contribution in [2.75, 3.05) is 5.73 Å². The molecular weight excluding hydrogens is 194 g/mol. The molecule has 1 aromatic heterocycles. The van der Waals surface area contributed by atoms with E-state index in [1.807, 2.05) is 18.4 Å². The van der Waals surface area contributed by atoms with Crippen molar-refractivity contribution in [1.29, 1.82) is 0 Å². The molecule has 0 radical (unpaired) electrons. The molecule has 0 spiro atoms. The Hall–Kier alpha value is -1.48. The zero-order valence-electron chi connectivity index (χ0n) is 7.82. The Morgan fingerprint density at radius 2 is 2.00 bits per heavy atom. The van der Waals surface area contributed by atoms with Crippen LogP contribution in [0, 0.1) is 6.92 Å². The zero-order chi connectivity index (χ0) is 10.1. The lowest BCUT2D eigenvalue weighted by molar-refractivity contribution is 0.477. The summed E-state index contributed by atoms with van der Waals surface area (Å²) >= 11 is 1.63. The second kappa shape index (κ2) is 3.35. The number of nitrogens with two attached hydrogens (primary N) is 1. The molecule has 1 heterocycles. The third kappa shape index (κ3) is 1.46. The molecule has 14 heavy (non-hydrogen) atoms. The van der Waals surface area contributed by atoms with Gasteiger partial charge in [-0.05, 0) is 40.9 Å². The molecule has 0 saturated heterocycles. The number of anilines is 1. The Labute approximate surface area is 86.6 Å². The fourth-order valence-corrected chi connectivity index (χ4v) is 2.26. The van der Waals surface area contributed by atoms with Crippen LogP contribution in [0.2, 0.25) is 0 Å². The van der Waals surface area contributed by atoms with Crippen LogP contribution in [-0.4, -0.2) is 5.11 Å². The Morgan fingerprint density at radius 1 is 1.21 bits per heavy atom. The van der Waals surface area contributed by atoms with Crippen molar-refractivity contribution in [2.45, 2.75) is 6.92 Å². The van der Waals surface area contributed by atoms with Gasteiger partial charge in [0.15, 0.2) is 0 Å². The summed E-state index contributed by atoms with van der Waals surface area (Å²) in [4.78, 5) is 0. The summed E-state index contributed by atoms with van der Waals surface area (Å²) in [5, 5.41) is 13.8. The van der Waals surface area contributed by atoms with Crippen LogP contribution in [0.1, 0.15) is 5.56 Å². The maximum absolute atomic E-state index is 9.71. The van der Waals surface area contributed by atoms with Crippen molar-refractivity contribution in [3.8, 4) is 16.9 Å². The highest BCUT2D eigenvalue weighted by molar-refractivity contribution is 7.08. The Kier molecular flexibility index (Phi) is 2.17. The molecule has 2 rings (SSSR count). The number of hydrogen-bond donors (Lipinski definition) is 2. The normalized spacial score (nSPS) is 10.4. The molecule has 72 valence electrons. The average molecular weight is 205 g/mol. The van der Waals surface area contributed by atoms with E-state index in [9.17, 15) is 5.11 Å². The van der Waals surface area contributed by atoms with Gasteiger partial charge in [0.2, 0.25) is 0 Å². The number of aromatic hydroxyl groups is 1. The lowest BCUT2D eigenvalue weighted by Gasteiger charge is -2.04. The second-order valence-corrected chi connectivity index (χ2v) is 3.99. The molecular formula is C11H11NOS. The topological polar surface area (TPSA) is 46.2 Å². The van der Waals surface area contributed by atoms with E-state index < -0.39 is 0 Å². The van der Waals surface area contributed by atoms with Crippen LogP contribution in [0.3, 0.4) is 0 Å². The van der Waals surface area contributed by atoms with E-state index in [4.69, 9.17) is 5.73 Å². The van der Waals surface area contributed by atoms with Gasteiger partial charge < -0.3 is 10.8 Å². The molecule has 2 aromatic rings. The molecule has 3 N–H and O–H groups in total. The first-order valence-corrected chi connectivity index (χ1v) is 5.24. The third-order valence-electron chi connectivity index (χ3n) is 2.17. The maximum atomic E-state index is 9.71. The molecule has 0 aliphatic rings. The molecule has 0 bridgehead atoms. The average Bonchev–Trinajstić information content (AvgIpc) is 2.52. The number of thiophene rings is 1. The van der Waals surface area contributed by atoms with Crippen molar-refractivity contribution < 1.29 is 5.11 Å². The zero-order valence-corrected chi connectivity index (χ0v) is 8.64. The highest BCUT2D eigenvalue weighted by Gasteiger charge is 2.07. The lowest BCUT2D eigenvalue weighted by atomic mass is 10.0. The van der Waals surface area contributed by atoms with Crippen LogP contribution in [0.25, 0.3) is 11.1 Å². The van der Waals surface area contributed by atoms with Gasteiger partial charge in [0.25, 0.3) is 0 Å². The summed E-state index contributed by atoms with van der Waals surface area (Å²) < 4.78 is 0. The van der Waals surface area contributed by atoms with E-state index in [2.05, 4.69) is 5.38 Å². The third-order valence-corrected chi connectivity index (χ3v) is 3.03. The fraction of sp³-hybridized carbons (Fsp3) is 0.0909. The maximum Gasteiger partial charge on any atom is 0.125 e. The van der Waals surface area contributed by atoms with Gasteiger partial charge in [-0.2, -0.15) is 11.3 Å². The molecule has 0 amide bonds. The largest absolute Gasteiger partial charge is 0.507 e. The molecule has 0 atom stereocenters. The number of rotatable bonds is 1. The minimum Gasteiger partial charge on any atom is -0.507 e. The van der Waals surface area contributed by atoms with Gasteiger partial charge >= 0.3 is 0 Å². The molecule has 0 fully saturated rings. The number of phenols is 1. The van der Waals surface area contributed by atoms with Crippen LogP contribution in [0.4, 0.5) is 5.69 Å². The first-order chi connectivity index (χ1) is 6.68. The van der Waals surface area contributed by atoms with Crippen LogP contribution in [0.5, 0.6) is 5.75 Å². The van der Waals surface area contributed by atoms with Crippen LogP contribution < -0.4 is 5.73 Å². The molecule has 0 unspecified atom stereocenters. The predicted molar refractivity (Wildman–Crippen MR) is 60.6 cm³/mol. The van der Waals surface area contributed by atoms with E-state index in [1.165, 1.54) is 5.56 Å². The van der Waals surface area contributed by atoms with Gasteiger partial charge in [-0.25, -0.2) is 0 Å². The van der Waals surface area contributed by atoms with Crippen molar-refractivity contribution in [2.24, 2.45) is 0 Å². The number of benzene rings is 1. The van der Waals surface area contributed by atoms with Gasteiger partial charge in [0.05, 0.1) is 0 Å². The summed E-state index contributed by atoms with van der Waals surface area (Å²) in [6.07, 6.45) is 0. The van der Waals surface area contributed by atoms with Crippen LogP contribution in [0.15, 0.2) is 29.0 Å². The van der Waals surface area contributed by atoms with Gasteiger partial charge in [0, 0.05) is 17.3 Å². The predicted octanol–water partition coefficient (Wildman–Crippen LogP) is 3.01. The Balaban J connectivity index is 2.58. The SMILES string of the molecule is Cc1cscc1-c1ccc(N)cc1O. The van der Waals surface area contributed by atoms with E-state index in [0.717, 1.165) is 11.1 Å². The molecule has 0 saturated carbocycles. The first kappa shape index (κ1) is 9.09. The van der Waals surface area contributed by atoms with Gasteiger partial charge in [0.1, 0.15) is 5.75 Å². The standard InChI is InChI=1S/C11H11NOS/c1-7-5-14-6-10(7)9-3-2-8(12)4-11(9)13/h2-6,13H,12H2,1H3. The number of hydrogen-bond acceptors (Lipinski definition) is 3. The summed E-state index contributed by atoms with van der Waals surface area (Å²) in [6.45, 7) is 2.03. The van der Waals surface area contributed by atoms with Crippen LogP contribution >= 0.6 is 11.3 Å². The monoisotopic (exact) mass is 205 g/mol. The van der Waals surface area contributed by atoms with E-state index in [-0.39, 0.29) is 5.75 Å². The smallest absolute Gasteiger partial charge is 0.125 e. The van der Waals surface area contributed by atoms with Crippen LogP contribution in [-0.2, 0) is 0 Å². The molecule has 0 aliphatic carbocycles. The van der Waals surface area contributed by atoms with E-state index in [0.29, 0.717) is 5.69 Å². The summed E-state index contributed by atoms with van der Waals surface area (Å²) in [7, 11) is 0. The van der Waals surface area contributed by atoms with Crippen molar-refractivity contribution in [1.82, 2.24) is 0 Å². The van der Waals surface area contributed by atoms with Gasteiger partial charge in [-0.3, -0.25) is 0 Å². The Morgan fingerprint density at radius 3 is 2.57 bits per heavy atom. The molecule has 1 aromatic carbocycles. The molecule has 2 nitrogen and oxygen atoms in total. The molecule has 3 heteroatoms. The summed E-state index contributed by atoms with van der Waals surface area (Å²) in [6, 6.07) is 5.22. The summed E-state index contributed by atoms with van der Waals surface area (Å²) in [5.74, 6) is 0.242. The minimum absolute atomic E-state index is 0.242. The second-order valence-electron chi connectivity index (χ2n) is 3.25. The fourth-order valence-electron chi connectivity index (χ4n) is 1.41. The van der Waals surface area contributed by atoms with Crippen molar-refractivity contribution in [3.05, 3.63) is 34.5 Å². The highest BCUT2D eigenvalue weighted by Crippen LogP contribution is 2.34. The first-order valence-electron chi connectivity index (χ1n) is 4.30. The van der Waals surface area contributed by atoms with Gasteiger partial charge in [-0.15, -0.1) is 0 Å². The lowest BCUT2D eigenvalue weighted by Crippen LogP contribution is -1.85. The van der Waals surface area contributed by atoms with Crippen molar-refractivity contribution >= 4 is 17.0 Å². The quantitative estimate of drug-likeness (QED) is 0.703. The number of aryl methyl sites for hydroxylation is 1. The molecule has 0 aliphatic heterocycles.